The lowest BCUT2D eigenvalue weighted by Gasteiger charge is -2.00. The molecule has 0 saturated heterocycles. The van der Waals surface area contributed by atoms with E-state index in [9.17, 15) is 13.2 Å². The van der Waals surface area contributed by atoms with Crippen molar-refractivity contribution in [3.63, 3.8) is 0 Å². The zero-order chi connectivity index (χ0) is 11.5. The summed E-state index contributed by atoms with van der Waals surface area (Å²) in [6, 6.07) is 1.92. The van der Waals surface area contributed by atoms with Gasteiger partial charge in [0, 0.05) is 12.7 Å². The van der Waals surface area contributed by atoms with Crippen molar-refractivity contribution in [2.45, 2.75) is 19.8 Å². The Labute approximate surface area is 94.0 Å². The molecule has 0 fully saturated rings. The number of hydrogen-bond acceptors (Lipinski definition) is 4. The Morgan fingerprint density at radius 3 is 2.67 bits per heavy atom. The van der Waals surface area contributed by atoms with Crippen molar-refractivity contribution in [2.24, 2.45) is 0 Å². The molecule has 0 N–H and O–H groups in total. The van der Waals surface area contributed by atoms with E-state index in [4.69, 9.17) is 0 Å². The lowest BCUT2D eigenvalue weighted by atomic mass is 10.1. The van der Waals surface area contributed by atoms with Crippen LogP contribution in [0.2, 0.25) is 0 Å². The highest BCUT2D eigenvalue weighted by atomic mass is 32.2. The van der Waals surface area contributed by atoms with Crippen LogP contribution in [-0.2, 0) is 16.3 Å². The molecule has 1 aromatic heterocycles. The van der Waals surface area contributed by atoms with Crippen LogP contribution in [0.15, 0.2) is 11.4 Å². The van der Waals surface area contributed by atoms with Gasteiger partial charge in [0.15, 0.2) is 5.78 Å². The van der Waals surface area contributed by atoms with Gasteiger partial charge >= 0.3 is 0 Å². The molecule has 15 heavy (non-hydrogen) atoms. The fraction of sp³-hybridized carbons (Fsp3) is 0.500. The number of thiophene rings is 1. The lowest BCUT2D eigenvalue weighted by molar-refractivity contribution is 0.0992. The number of rotatable bonds is 5. The molecule has 0 aliphatic heterocycles. The fourth-order valence-corrected chi connectivity index (χ4v) is 2.77. The van der Waals surface area contributed by atoms with Crippen LogP contribution >= 0.6 is 11.3 Å². The summed E-state index contributed by atoms with van der Waals surface area (Å²) in [5, 5.41) is 1.87. The summed E-state index contributed by atoms with van der Waals surface area (Å²) in [4.78, 5) is 12.4. The Morgan fingerprint density at radius 1 is 1.47 bits per heavy atom. The Morgan fingerprint density at radius 2 is 2.13 bits per heavy atom. The van der Waals surface area contributed by atoms with E-state index in [1.165, 1.54) is 11.3 Å². The number of sulfone groups is 1. The van der Waals surface area contributed by atoms with Crippen molar-refractivity contribution in [1.82, 2.24) is 0 Å². The quantitative estimate of drug-likeness (QED) is 0.746. The van der Waals surface area contributed by atoms with Gasteiger partial charge in [0.05, 0.1) is 10.6 Å². The Hall–Kier alpha value is -0.680. The smallest absolute Gasteiger partial charge is 0.174 e. The fourth-order valence-electron chi connectivity index (χ4n) is 1.25. The van der Waals surface area contributed by atoms with Crippen molar-refractivity contribution >= 4 is 27.0 Å². The number of aryl methyl sites for hydroxylation is 1. The third-order valence-corrected chi connectivity index (χ3v) is 4.02. The van der Waals surface area contributed by atoms with Crippen molar-refractivity contribution in [3.05, 3.63) is 21.9 Å². The van der Waals surface area contributed by atoms with Gasteiger partial charge in [0.25, 0.3) is 0 Å². The number of hydrogen-bond donors (Lipinski definition) is 0. The van der Waals surface area contributed by atoms with E-state index < -0.39 is 9.84 Å². The number of carbonyl (C=O) groups is 1. The minimum Gasteiger partial charge on any atom is -0.293 e. The Bertz CT molecular complexity index is 443. The molecule has 5 heteroatoms. The number of ketones is 1. The van der Waals surface area contributed by atoms with Gasteiger partial charge in [-0.05, 0) is 23.4 Å². The molecule has 0 unspecified atom stereocenters. The predicted octanol–water partition coefficient (Wildman–Crippen LogP) is 1.93. The highest BCUT2D eigenvalue weighted by Crippen LogP contribution is 2.19. The molecule has 0 aliphatic carbocycles. The van der Waals surface area contributed by atoms with Gasteiger partial charge in [0.2, 0.25) is 0 Å². The Balaban J connectivity index is 2.70. The molecular weight excluding hydrogens is 232 g/mol. The maximum Gasteiger partial charge on any atom is 0.174 e. The predicted molar refractivity (Wildman–Crippen MR) is 62.4 cm³/mol. The topological polar surface area (TPSA) is 51.2 Å². The average molecular weight is 246 g/mol. The third kappa shape index (κ3) is 3.76. The van der Waals surface area contributed by atoms with Gasteiger partial charge in [-0.3, -0.25) is 4.79 Å². The van der Waals surface area contributed by atoms with E-state index in [-0.39, 0.29) is 18.0 Å². The first-order valence-corrected chi connectivity index (χ1v) is 7.65. The molecule has 0 atom stereocenters. The van der Waals surface area contributed by atoms with Gasteiger partial charge in [-0.25, -0.2) is 8.42 Å². The lowest BCUT2D eigenvalue weighted by Crippen LogP contribution is -2.09. The first kappa shape index (κ1) is 12.4. The Kier molecular flexibility index (Phi) is 4.04. The largest absolute Gasteiger partial charge is 0.293 e. The van der Waals surface area contributed by atoms with Crippen molar-refractivity contribution in [3.8, 4) is 0 Å². The second-order valence-electron chi connectivity index (χ2n) is 3.43. The van der Waals surface area contributed by atoms with E-state index in [0.29, 0.717) is 4.88 Å². The molecule has 0 bridgehead atoms. The third-order valence-electron chi connectivity index (χ3n) is 2.08. The van der Waals surface area contributed by atoms with E-state index in [0.717, 1.165) is 18.2 Å². The summed E-state index contributed by atoms with van der Waals surface area (Å²) in [6.07, 6.45) is 2.05. The number of carbonyl (C=O) groups excluding carboxylic acids is 1. The second-order valence-corrected chi connectivity index (χ2v) is 6.61. The zero-order valence-corrected chi connectivity index (χ0v) is 10.5. The molecule has 3 nitrogen and oxygen atoms in total. The van der Waals surface area contributed by atoms with Gasteiger partial charge in [-0.2, -0.15) is 0 Å². The standard InChI is InChI=1S/C10H14O3S2/c1-3-8-4-6-14-10(8)9(11)5-7-15(2,12)13/h4,6H,3,5,7H2,1-2H3. The molecule has 0 radical (unpaired) electrons. The van der Waals surface area contributed by atoms with Crippen molar-refractivity contribution < 1.29 is 13.2 Å². The van der Waals surface area contributed by atoms with Crippen molar-refractivity contribution in [1.29, 1.82) is 0 Å². The SMILES string of the molecule is CCc1ccsc1C(=O)CCS(C)(=O)=O. The van der Waals surface area contributed by atoms with E-state index in [2.05, 4.69) is 0 Å². The van der Waals surface area contributed by atoms with Crippen LogP contribution in [0, 0.1) is 0 Å². The molecule has 0 aromatic carbocycles. The maximum atomic E-state index is 11.7. The molecule has 0 spiro atoms. The first-order chi connectivity index (χ1) is 6.94. The molecule has 0 amide bonds. The summed E-state index contributed by atoms with van der Waals surface area (Å²) >= 11 is 1.39. The van der Waals surface area contributed by atoms with Crippen LogP contribution in [0.25, 0.3) is 0 Å². The molecule has 0 aliphatic rings. The van der Waals surface area contributed by atoms with Crippen LogP contribution in [0.1, 0.15) is 28.6 Å². The van der Waals surface area contributed by atoms with E-state index in [1.54, 1.807) is 0 Å². The van der Waals surface area contributed by atoms with Crippen LogP contribution < -0.4 is 0 Å². The average Bonchev–Trinajstić information content (AvgIpc) is 2.60. The maximum absolute atomic E-state index is 11.7. The van der Waals surface area contributed by atoms with Crippen LogP contribution in [0.3, 0.4) is 0 Å². The molecular formula is C10H14O3S2. The monoisotopic (exact) mass is 246 g/mol. The van der Waals surface area contributed by atoms with Crippen LogP contribution in [0.4, 0.5) is 0 Å². The van der Waals surface area contributed by atoms with Crippen LogP contribution in [0.5, 0.6) is 0 Å². The molecule has 1 aromatic rings. The molecule has 0 saturated carbocycles. The molecule has 84 valence electrons. The van der Waals surface area contributed by atoms with E-state index in [1.807, 2.05) is 18.4 Å². The van der Waals surface area contributed by atoms with Crippen molar-refractivity contribution in [2.75, 3.05) is 12.0 Å². The zero-order valence-electron chi connectivity index (χ0n) is 8.82. The second kappa shape index (κ2) is 4.90. The normalized spacial score (nSPS) is 11.6. The number of Topliss-reactive ketones (excluding diaryl/α,β-unsaturated/α-hetero) is 1. The summed E-state index contributed by atoms with van der Waals surface area (Å²) in [5.41, 5.74) is 1.01. The van der Waals surface area contributed by atoms with Gasteiger partial charge in [-0.1, -0.05) is 6.92 Å². The van der Waals surface area contributed by atoms with Crippen LogP contribution in [-0.4, -0.2) is 26.2 Å². The highest BCUT2D eigenvalue weighted by molar-refractivity contribution is 7.90. The van der Waals surface area contributed by atoms with Gasteiger partial charge in [0.1, 0.15) is 9.84 Å². The first-order valence-electron chi connectivity index (χ1n) is 4.71. The van der Waals surface area contributed by atoms with Gasteiger partial charge in [-0.15, -0.1) is 11.3 Å². The highest BCUT2D eigenvalue weighted by Gasteiger charge is 2.14. The summed E-state index contributed by atoms with van der Waals surface area (Å²) in [7, 11) is -3.05. The van der Waals surface area contributed by atoms with Gasteiger partial charge < -0.3 is 0 Å². The molecule has 1 heterocycles. The summed E-state index contributed by atoms with van der Waals surface area (Å²) < 4.78 is 21.8. The van der Waals surface area contributed by atoms with E-state index >= 15 is 0 Å². The summed E-state index contributed by atoms with van der Waals surface area (Å²) in [5.74, 6) is -0.125. The minimum atomic E-state index is -3.05. The minimum absolute atomic E-state index is 0.0626. The summed E-state index contributed by atoms with van der Waals surface area (Å²) in [6.45, 7) is 1.98. The molecule has 1 rings (SSSR count).